The molecule has 7 heteroatoms. The van der Waals surface area contributed by atoms with Crippen molar-refractivity contribution in [1.82, 2.24) is 15.2 Å². The molecule has 0 saturated heterocycles. The third-order valence-electron chi connectivity index (χ3n) is 2.84. The molecule has 0 spiro atoms. The second-order valence-electron chi connectivity index (χ2n) is 4.50. The van der Waals surface area contributed by atoms with Crippen molar-refractivity contribution < 1.29 is 4.79 Å². The van der Waals surface area contributed by atoms with Crippen LogP contribution in [0, 0.1) is 0 Å². The van der Waals surface area contributed by atoms with Crippen LogP contribution < -0.4 is 16.6 Å². The van der Waals surface area contributed by atoms with Gasteiger partial charge < -0.3 is 15.6 Å². The molecule has 0 fully saturated rings. The van der Waals surface area contributed by atoms with Crippen molar-refractivity contribution >= 4 is 23.3 Å². The zero-order valence-electron chi connectivity index (χ0n) is 11.4. The van der Waals surface area contributed by atoms with Crippen molar-refractivity contribution in [2.24, 2.45) is 5.84 Å². The molecule has 0 bridgehead atoms. The first-order valence-electron chi connectivity index (χ1n) is 6.07. The second-order valence-corrected chi connectivity index (χ2v) is 4.91. The fourth-order valence-corrected chi connectivity index (χ4v) is 1.56. The van der Waals surface area contributed by atoms with E-state index in [0.29, 0.717) is 23.4 Å². The molecular weight excluding hydrogens is 266 g/mol. The number of hydrazine groups is 1. The van der Waals surface area contributed by atoms with E-state index in [9.17, 15) is 4.79 Å². The fourth-order valence-electron chi connectivity index (χ4n) is 1.37. The smallest absolute Gasteiger partial charge is 0.271 e. The molecular formula is C12H20ClN5O. The van der Waals surface area contributed by atoms with Gasteiger partial charge in [-0.25, -0.2) is 10.8 Å². The van der Waals surface area contributed by atoms with Gasteiger partial charge in [-0.2, -0.15) is 0 Å². The molecule has 106 valence electrons. The van der Waals surface area contributed by atoms with Crippen LogP contribution in [-0.4, -0.2) is 42.0 Å². The Morgan fingerprint density at radius 1 is 1.53 bits per heavy atom. The highest BCUT2D eigenvalue weighted by Gasteiger charge is 2.13. The van der Waals surface area contributed by atoms with Crippen LogP contribution in [0.2, 0.25) is 5.02 Å². The molecule has 1 amide bonds. The average Bonchev–Trinajstić information content (AvgIpc) is 2.38. The van der Waals surface area contributed by atoms with Gasteiger partial charge in [0.05, 0.1) is 5.02 Å². The minimum Gasteiger partial charge on any atom is -0.349 e. The van der Waals surface area contributed by atoms with Crippen LogP contribution in [0.25, 0.3) is 0 Å². The quantitative estimate of drug-likeness (QED) is 0.538. The lowest BCUT2D eigenvalue weighted by molar-refractivity contribution is 0.0943. The summed E-state index contributed by atoms with van der Waals surface area (Å²) >= 11 is 5.94. The summed E-state index contributed by atoms with van der Waals surface area (Å²) in [6.45, 7) is 5.48. The van der Waals surface area contributed by atoms with E-state index in [2.05, 4.69) is 34.5 Å². The molecule has 0 saturated carbocycles. The monoisotopic (exact) mass is 285 g/mol. The summed E-state index contributed by atoms with van der Waals surface area (Å²) in [6.07, 6.45) is 0. The van der Waals surface area contributed by atoms with Crippen molar-refractivity contribution in [3.63, 3.8) is 0 Å². The van der Waals surface area contributed by atoms with Gasteiger partial charge in [0.2, 0.25) is 0 Å². The van der Waals surface area contributed by atoms with Gasteiger partial charge in [-0.15, -0.1) is 0 Å². The highest BCUT2D eigenvalue weighted by Crippen LogP contribution is 2.15. The van der Waals surface area contributed by atoms with Crippen LogP contribution in [0.1, 0.15) is 24.3 Å². The molecule has 0 aliphatic rings. The lowest BCUT2D eigenvalue weighted by Crippen LogP contribution is -2.36. The van der Waals surface area contributed by atoms with Crippen LogP contribution in [0.3, 0.4) is 0 Å². The summed E-state index contributed by atoms with van der Waals surface area (Å²) in [4.78, 5) is 18.1. The Bertz CT molecular complexity index is 438. The number of carbonyl (C=O) groups excluding carboxylic acids is 1. The number of aromatic nitrogens is 1. The number of nitrogens with one attached hydrogen (secondary N) is 2. The Balaban J connectivity index is 2.58. The Labute approximate surface area is 118 Å². The van der Waals surface area contributed by atoms with Gasteiger partial charge in [-0.1, -0.05) is 11.6 Å². The van der Waals surface area contributed by atoms with E-state index in [1.807, 2.05) is 7.05 Å². The number of rotatable bonds is 6. The van der Waals surface area contributed by atoms with Gasteiger partial charge in [-0.3, -0.25) is 4.79 Å². The fraction of sp³-hybridized carbons (Fsp3) is 0.500. The molecule has 19 heavy (non-hydrogen) atoms. The molecule has 0 aromatic carbocycles. The summed E-state index contributed by atoms with van der Waals surface area (Å²) in [5, 5.41) is 3.08. The van der Waals surface area contributed by atoms with E-state index in [4.69, 9.17) is 17.4 Å². The first kappa shape index (κ1) is 15.7. The van der Waals surface area contributed by atoms with Gasteiger partial charge >= 0.3 is 0 Å². The van der Waals surface area contributed by atoms with Gasteiger partial charge in [0, 0.05) is 19.1 Å². The minimum atomic E-state index is -0.306. The largest absolute Gasteiger partial charge is 0.349 e. The Kier molecular flexibility index (Phi) is 6.01. The van der Waals surface area contributed by atoms with E-state index >= 15 is 0 Å². The lowest BCUT2D eigenvalue weighted by atomic mass is 10.3. The number of carbonyl (C=O) groups is 1. The van der Waals surface area contributed by atoms with Crippen LogP contribution >= 0.6 is 11.6 Å². The summed E-state index contributed by atoms with van der Waals surface area (Å²) in [6, 6.07) is 3.62. The van der Waals surface area contributed by atoms with Crippen LogP contribution in [-0.2, 0) is 0 Å². The van der Waals surface area contributed by atoms with Crippen molar-refractivity contribution in [2.75, 3.05) is 25.6 Å². The van der Waals surface area contributed by atoms with Gasteiger partial charge in [0.1, 0.15) is 11.5 Å². The van der Waals surface area contributed by atoms with E-state index in [0.717, 1.165) is 6.54 Å². The molecule has 1 rings (SSSR count). The number of amides is 1. The molecule has 0 aliphatic heterocycles. The SMILES string of the molecule is CC(C)N(C)CCNC(=O)c1nc(NN)ccc1Cl. The Morgan fingerprint density at radius 3 is 2.79 bits per heavy atom. The number of likely N-dealkylation sites (N-methyl/N-ethyl adjacent to an activating group) is 1. The number of nitrogens with zero attached hydrogens (tertiary/aromatic N) is 2. The molecule has 0 unspecified atom stereocenters. The standard InChI is InChI=1S/C12H20ClN5O/c1-8(2)18(3)7-6-15-12(19)11-9(13)4-5-10(16-11)17-14/h4-5,8H,6-7,14H2,1-3H3,(H,15,19)(H,16,17). The number of hydrogen-bond acceptors (Lipinski definition) is 5. The average molecular weight is 286 g/mol. The lowest BCUT2D eigenvalue weighted by Gasteiger charge is -2.20. The van der Waals surface area contributed by atoms with Crippen molar-refractivity contribution in [3.8, 4) is 0 Å². The predicted molar refractivity (Wildman–Crippen MR) is 77.2 cm³/mol. The normalized spacial score (nSPS) is 10.9. The number of halogens is 1. The number of nitrogen functional groups attached to an aromatic ring is 1. The number of anilines is 1. The zero-order valence-corrected chi connectivity index (χ0v) is 12.2. The van der Waals surface area contributed by atoms with E-state index in [-0.39, 0.29) is 11.6 Å². The highest BCUT2D eigenvalue weighted by atomic mass is 35.5. The maximum Gasteiger partial charge on any atom is 0.271 e. The van der Waals surface area contributed by atoms with Crippen molar-refractivity contribution in [2.45, 2.75) is 19.9 Å². The number of nitrogens with two attached hydrogens (primary N) is 1. The third-order valence-corrected chi connectivity index (χ3v) is 3.15. The highest BCUT2D eigenvalue weighted by molar-refractivity contribution is 6.33. The summed E-state index contributed by atoms with van der Waals surface area (Å²) in [5.41, 5.74) is 2.55. The molecule has 0 aliphatic carbocycles. The second kappa shape index (κ2) is 7.28. The van der Waals surface area contributed by atoms with Crippen molar-refractivity contribution in [3.05, 3.63) is 22.8 Å². The molecule has 0 atom stereocenters. The zero-order chi connectivity index (χ0) is 14.4. The Hall–Kier alpha value is -1.37. The first-order valence-corrected chi connectivity index (χ1v) is 6.45. The van der Waals surface area contributed by atoms with Gasteiger partial charge in [0.15, 0.2) is 0 Å². The maximum atomic E-state index is 11.9. The maximum absolute atomic E-state index is 11.9. The molecule has 0 radical (unpaired) electrons. The van der Waals surface area contributed by atoms with E-state index in [1.54, 1.807) is 12.1 Å². The summed E-state index contributed by atoms with van der Waals surface area (Å²) in [5.74, 6) is 5.34. The first-order chi connectivity index (χ1) is 8.95. The van der Waals surface area contributed by atoms with Crippen LogP contribution in [0.4, 0.5) is 5.82 Å². The van der Waals surface area contributed by atoms with Crippen LogP contribution in [0.5, 0.6) is 0 Å². The number of hydrogen-bond donors (Lipinski definition) is 3. The summed E-state index contributed by atoms with van der Waals surface area (Å²) < 4.78 is 0. The molecule has 1 aromatic rings. The van der Waals surface area contributed by atoms with Gasteiger partial charge in [-0.05, 0) is 33.0 Å². The third kappa shape index (κ3) is 4.66. The van der Waals surface area contributed by atoms with Crippen LogP contribution in [0.15, 0.2) is 12.1 Å². The molecule has 6 nitrogen and oxygen atoms in total. The molecule has 1 heterocycles. The van der Waals surface area contributed by atoms with Crippen molar-refractivity contribution in [1.29, 1.82) is 0 Å². The summed E-state index contributed by atoms with van der Waals surface area (Å²) in [7, 11) is 2.00. The predicted octanol–water partition coefficient (Wildman–Crippen LogP) is 1.09. The number of pyridine rings is 1. The molecule has 1 aromatic heterocycles. The topological polar surface area (TPSA) is 83.3 Å². The van der Waals surface area contributed by atoms with Gasteiger partial charge in [0.25, 0.3) is 5.91 Å². The minimum absolute atomic E-state index is 0.171. The van der Waals surface area contributed by atoms with E-state index < -0.39 is 0 Å². The van der Waals surface area contributed by atoms with E-state index in [1.165, 1.54) is 0 Å². The Morgan fingerprint density at radius 2 is 2.21 bits per heavy atom. The molecule has 4 N–H and O–H groups in total.